The number of piperazine rings is 1. The van der Waals surface area contributed by atoms with Crippen molar-refractivity contribution in [2.45, 2.75) is 110 Å². The number of ether oxygens (including phenoxy) is 1. The molecule has 77 heavy (non-hydrogen) atoms. The number of aromatic nitrogens is 6. The smallest absolute Gasteiger partial charge is 0.319 e. The quantitative estimate of drug-likeness (QED) is 0.0944. The largest absolute Gasteiger partial charge is 0.508 e. The standard InChI is InChI=1S/C56H63FN12O5.C3H8/c1-4-35-7-5-8-38-25-41(70)26-43(49(35)38)51-50(57)52-44(29-58-51)53(67-30-39-14-15-40(31-67)61-39)63-55(62-52)73-24-23-66-21-17-56(18-22-66)32-68(33-56)47-27-42(74-64-47)28-48(71)69-20-6-9-46(69)54(72)60-34(2)36-10-12-37(13-11-36)45-16-19-59-65(45)3;1-3-2/h5,7-8,10-13,16,19,25-27,29,34,39-40,46,61,70H,4,6,9,14-15,17-18,20-24,28,30-33H2,1-3H3,(H,60,72);3H2,1-2H3/t34?,39?,40?,46-;/m0./s1. The first-order chi connectivity index (χ1) is 37.4. The molecule has 4 atom stereocenters. The molecule has 12 rings (SSSR count). The van der Waals surface area contributed by atoms with Gasteiger partial charge in [0.15, 0.2) is 11.6 Å². The number of amides is 2. The molecule has 2 bridgehead atoms. The first kappa shape index (κ1) is 51.9. The molecule has 404 valence electrons. The molecule has 1 spiro atoms. The van der Waals surface area contributed by atoms with Crippen molar-refractivity contribution in [3.63, 3.8) is 0 Å². The van der Waals surface area contributed by atoms with Gasteiger partial charge in [0.1, 0.15) is 41.2 Å². The lowest BCUT2D eigenvalue weighted by Crippen LogP contribution is -2.60. The number of pyridine rings is 1. The van der Waals surface area contributed by atoms with Crippen molar-refractivity contribution in [1.82, 2.24) is 50.3 Å². The Labute approximate surface area is 449 Å². The van der Waals surface area contributed by atoms with Gasteiger partial charge in [0.2, 0.25) is 11.8 Å². The zero-order chi connectivity index (χ0) is 53.4. The summed E-state index contributed by atoms with van der Waals surface area (Å²) >= 11 is 0. The van der Waals surface area contributed by atoms with Crippen LogP contribution in [0.5, 0.6) is 11.8 Å². The van der Waals surface area contributed by atoms with Crippen molar-refractivity contribution < 1.29 is 28.3 Å². The molecule has 5 saturated heterocycles. The maximum atomic E-state index is 17.1. The molecule has 5 aliphatic heterocycles. The lowest BCUT2D eigenvalue weighted by atomic mass is 9.72. The van der Waals surface area contributed by atoms with Gasteiger partial charge in [-0.05, 0) is 111 Å². The van der Waals surface area contributed by atoms with Crippen molar-refractivity contribution in [2.75, 3.05) is 68.8 Å². The van der Waals surface area contributed by atoms with E-state index >= 15 is 4.39 Å². The molecular formula is C59H71FN12O5. The topological polar surface area (TPSA) is 183 Å². The molecule has 17 nitrogen and oxygen atoms in total. The molecule has 0 radical (unpaired) electrons. The van der Waals surface area contributed by atoms with E-state index in [1.807, 2.05) is 73.3 Å². The average Bonchev–Trinajstić information content (AvgIpc) is 4.29. The van der Waals surface area contributed by atoms with E-state index in [1.54, 1.807) is 29.4 Å². The van der Waals surface area contributed by atoms with Gasteiger partial charge in [0.25, 0.3) is 0 Å². The van der Waals surface area contributed by atoms with Gasteiger partial charge >= 0.3 is 6.01 Å². The summed E-state index contributed by atoms with van der Waals surface area (Å²) in [7, 11) is 1.91. The number of rotatable bonds is 14. The molecule has 3 N–H and O–H groups in total. The van der Waals surface area contributed by atoms with Gasteiger partial charge in [0, 0.05) is 87.8 Å². The molecule has 0 saturated carbocycles. The number of nitrogens with one attached hydrogen (secondary N) is 2. The van der Waals surface area contributed by atoms with E-state index in [9.17, 15) is 14.7 Å². The van der Waals surface area contributed by atoms with Gasteiger partial charge in [-0.1, -0.05) is 74.8 Å². The fraction of sp³-hybridized carbons (Fsp3) is 0.475. The maximum absolute atomic E-state index is 17.1. The van der Waals surface area contributed by atoms with E-state index in [-0.39, 0.29) is 52.7 Å². The van der Waals surface area contributed by atoms with Crippen LogP contribution in [0, 0.1) is 11.2 Å². The molecule has 9 heterocycles. The van der Waals surface area contributed by atoms with E-state index in [4.69, 9.17) is 24.2 Å². The molecule has 3 unspecified atom stereocenters. The van der Waals surface area contributed by atoms with Crippen LogP contribution in [0.25, 0.3) is 44.2 Å². The summed E-state index contributed by atoms with van der Waals surface area (Å²) in [6.45, 7) is 14.9. The molecule has 3 aromatic carbocycles. The number of nitrogens with zero attached hydrogens (tertiary/aromatic N) is 10. The number of hydrogen-bond acceptors (Lipinski definition) is 14. The van der Waals surface area contributed by atoms with Crippen molar-refractivity contribution in [2.24, 2.45) is 12.5 Å². The molecule has 5 fully saturated rings. The number of piperidine rings is 1. The van der Waals surface area contributed by atoms with Gasteiger partial charge in [-0.2, -0.15) is 15.1 Å². The third kappa shape index (κ3) is 10.7. The van der Waals surface area contributed by atoms with E-state index in [0.717, 1.165) is 117 Å². The number of carbonyl (C=O) groups excluding carboxylic acids is 2. The molecule has 0 aliphatic carbocycles. The summed E-state index contributed by atoms with van der Waals surface area (Å²) < 4.78 is 31.0. The third-order valence-electron chi connectivity index (χ3n) is 16.4. The average molecular weight is 1050 g/mol. The first-order valence-electron chi connectivity index (χ1n) is 27.8. The Balaban J connectivity index is 0.00000206. The van der Waals surface area contributed by atoms with Crippen molar-refractivity contribution in [1.29, 1.82) is 0 Å². The number of likely N-dealkylation sites (tertiary alicyclic amines) is 2. The molecule has 5 aliphatic rings. The zero-order valence-corrected chi connectivity index (χ0v) is 45.0. The van der Waals surface area contributed by atoms with E-state index in [0.29, 0.717) is 60.7 Å². The normalized spacial score (nSPS) is 20.3. The number of phenols is 1. The molecule has 4 aromatic heterocycles. The number of aromatic hydroxyl groups is 1. The number of anilines is 2. The van der Waals surface area contributed by atoms with Crippen LogP contribution in [0.2, 0.25) is 0 Å². The number of fused-ring (bicyclic) bond motifs is 4. The summed E-state index contributed by atoms with van der Waals surface area (Å²) in [5, 5.41) is 28.4. The van der Waals surface area contributed by atoms with E-state index in [2.05, 4.69) is 56.4 Å². The number of halogens is 1. The minimum atomic E-state index is -0.568. The highest BCUT2D eigenvalue weighted by Gasteiger charge is 2.46. The fourth-order valence-electron chi connectivity index (χ4n) is 12.3. The number of hydrogen-bond donors (Lipinski definition) is 3. The number of phenolic OH excluding ortho intramolecular Hbond substituents is 1. The summed E-state index contributed by atoms with van der Waals surface area (Å²) in [5.41, 5.74) is 5.06. The van der Waals surface area contributed by atoms with Crippen LogP contribution in [0.15, 0.2) is 83.6 Å². The van der Waals surface area contributed by atoms with Gasteiger partial charge in [-0.3, -0.25) is 24.2 Å². The second-order valence-corrected chi connectivity index (χ2v) is 21.9. The lowest BCUT2D eigenvalue weighted by Gasteiger charge is -2.54. The number of aryl methyl sites for hydroxylation is 2. The van der Waals surface area contributed by atoms with E-state index in [1.165, 1.54) is 6.42 Å². The van der Waals surface area contributed by atoms with Gasteiger partial charge < -0.3 is 39.7 Å². The third-order valence-corrected chi connectivity index (χ3v) is 16.4. The lowest BCUT2D eigenvalue weighted by molar-refractivity contribution is -0.138. The van der Waals surface area contributed by atoms with Crippen LogP contribution >= 0.6 is 0 Å². The van der Waals surface area contributed by atoms with Crippen LogP contribution in [0.4, 0.5) is 16.0 Å². The highest BCUT2D eigenvalue weighted by atomic mass is 19.1. The van der Waals surface area contributed by atoms with Crippen molar-refractivity contribution in [3.05, 3.63) is 102 Å². The SMILES string of the molecule is CCC.CCc1cccc2cc(O)cc(-c3ncc4c(N5CC6CCC(C5)N6)nc(OCCN5CCC6(CC5)CN(c5cc(CC(=O)N7CCC[C@H]7C(=O)NC(C)c7ccc(-c8ccnn8C)cc7)on5)C6)nc4c3F)c12. The summed E-state index contributed by atoms with van der Waals surface area (Å²) in [6.07, 6.45) is 11.1. The first-order valence-corrected chi connectivity index (χ1v) is 27.8. The number of benzene rings is 3. The molecule has 2 amide bonds. The minimum Gasteiger partial charge on any atom is -0.508 e. The Morgan fingerprint density at radius 3 is 2.45 bits per heavy atom. The molecule has 18 heteroatoms. The predicted molar refractivity (Wildman–Crippen MR) is 295 cm³/mol. The highest BCUT2D eigenvalue weighted by Crippen LogP contribution is 2.43. The monoisotopic (exact) mass is 1050 g/mol. The minimum absolute atomic E-state index is 0.0428. The van der Waals surface area contributed by atoms with Crippen molar-refractivity contribution >= 4 is 45.1 Å². The van der Waals surface area contributed by atoms with Crippen LogP contribution < -0.4 is 25.2 Å². The van der Waals surface area contributed by atoms with Crippen LogP contribution in [0.3, 0.4) is 0 Å². The predicted octanol–water partition coefficient (Wildman–Crippen LogP) is 8.39. The van der Waals surface area contributed by atoms with Crippen LogP contribution in [-0.4, -0.2) is 134 Å². The Kier molecular flexibility index (Phi) is 14.9. The highest BCUT2D eigenvalue weighted by molar-refractivity contribution is 6.01. The van der Waals surface area contributed by atoms with E-state index < -0.39 is 11.9 Å². The Morgan fingerprint density at radius 1 is 0.961 bits per heavy atom. The van der Waals surface area contributed by atoms with Crippen molar-refractivity contribution in [3.8, 4) is 34.3 Å². The molecule has 7 aromatic rings. The summed E-state index contributed by atoms with van der Waals surface area (Å²) in [6, 6.07) is 21.2. The second kappa shape index (κ2) is 22.0. The van der Waals surface area contributed by atoms with Gasteiger partial charge in [0.05, 0.1) is 23.5 Å². The maximum Gasteiger partial charge on any atom is 0.319 e. The summed E-state index contributed by atoms with van der Waals surface area (Å²) in [5.74, 6) is 1.04. The summed E-state index contributed by atoms with van der Waals surface area (Å²) in [4.78, 5) is 50.1. The van der Waals surface area contributed by atoms with Crippen LogP contribution in [0.1, 0.15) is 95.6 Å². The Bertz CT molecular complexity index is 3240. The Hall–Kier alpha value is -7.18. The fourth-order valence-corrected chi connectivity index (χ4v) is 12.3. The Morgan fingerprint density at radius 2 is 1.73 bits per heavy atom. The zero-order valence-electron chi connectivity index (χ0n) is 45.0. The number of carbonyl (C=O) groups is 2. The molecular weight excluding hydrogens is 976 g/mol. The van der Waals surface area contributed by atoms with Gasteiger partial charge in [-0.15, -0.1) is 0 Å². The van der Waals surface area contributed by atoms with Gasteiger partial charge in [-0.25, -0.2) is 4.39 Å². The second-order valence-electron chi connectivity index (χ2n) is 21.9. The van der Waals surface area contributed by atoms with Crippen LogP contribution in [-0.2, 0) is 29.5 Å².